The van der Waals surface area contributed by atoms with E-state index < -0.39 is 21.0 Å². The van der Waals surface area contributed by atoms with Crippen molar-refractivity contribution in [3.8, 4) is 0 Å². The molecule has 0 saturated heterocycles. The summed E-state index contributed by atoms with van der Waals surface area (Å²) in [4.78, 5) is 12.3. The highest BCUT2D eigenvalue weighted by molar-refractivity contribution is 7.93. The van der Waals surface area contributed by atoms with Crippen molar-refractivity contribution in [3.63, 3.8) is 0 Å². The summed E-state index contributed by atoms with van der Waals surface area (Å²) < 4.78 is 24.9. The number of sulfone groups is 1. The van der Waals surface area contributed by atoms with Crippen LogP contribution in [0.25, 0.3) is 0 Å². The molecular weight excluding hydrogens is 288 g/mol. The molecule has 1 atom stereocenters. The van der Waals surface area contributed by atoms with E-state index in [0.717, 1.165) is 18.4 Å². The molecule has 0 bridgehead atoms. The zero-order chi connectivity index (χ0) is 15.5. The van der Waals surface area contributed by atoms with Crippen LogP contribution in [0.2, 0.25) is 0 Å². The first-order chi connectivity index (χ1) is 9.96. The second-order valence-electron chi connectivity index (χ2n) is 5.49. The highest BCUT2D eigenvalue weighted by Crippen LogP contribution is 2.28. The number of hydrogen-bond acceptors (Lipinski definition) is 4. The first-order valence-electron chi connectivity index (χ1n) is 7.28. The number of rotatable bonds is 5. The van der Waals surface area contributed by atoms with E-state index in [1.807, 2.05) is 12.1 Å². The molecule has 0 aliphatic heterocycles. The SMILES string of the molecule is CC(C(=O)Nc1ccccc1CN)S(=O)(=O)C1CCCC1. The summed E-state index contributed by atoms with van der Waals surface area (Å²) in [5.41, 5.74) is 6.99. The summed E-state index contributed by atoms with van der Waals surface area (Å²) in [5.74, 6) is -0.484. The molecule has 1 unspecified atom stereocenters. The number of carbonyl (C=O) groups excluding carboxylic acids is 1. The van der Waals surface area contributed by atoms with Gasteiger partial charge in [0.25, 0.3) is 0 Å². The van der Waals surface area contributed by atoms with Crippen molar-refractivity contribution < 1.29 is 13.2 Å². The van der Waals surface area contributed by atoms with Crippen molar-refractivity contribution in [1.82, 2.24) is 0 Å². The first kappa shape index (κ1) is 16.0. The lowest BCUT2D eigenvalue weighted by Crippen LogP contribution is -2.38. The molecule has 1 aromatic rings. The van der Waals surface area contributed by atoms with Gasteiger partial charge in [-0.1, -0.05) is 31.0 Å². The third-order valence-electron chi connectivity index (χ3n) is 4.12. The average molecular weight is 310 g/mol. The Labute approximate surface area is 125 Å². The fraction of sp³-hybridized carbons (Fsp3) is 0.533. The van der Waals surface area contributed by atoms with Gasteiger partial charge in [0.05, 0.1) is 5.25 Å². The predicted octanol–water partition coefficient (Wildman–Crippen LogP) is 1.83. The lowest BCUT2D eigenvalue weighted by molar-refractivity contribution is -0.115. The van der Waals surface area contributed by atoms with Crippen LogP contribution < -0.4 is 11.1 Å². The Balaban J connectivity index is 2.12. The Hall–Kier alpha value is -1.40. The quantitative estimate of drug-likeness (QED) is 0.868. The van der Waals surface area contributed by atoms with Crippen molar-refractivity contribution in [3.05, 3.63) is 29.8 Å². The minimum absolute atomic E-state index is 0.292. The molecule has 1 fully saturated rings. The Morgan fingerprint density at radius 2 is 1.95 bits per heavy atom. The van der Waals surface area contributed by atoms with Crippen molar-refractivity contribution in [2.45, 2.75) is 49.7 Å². The number of benzene rings is 1. The summed E-state index contributed by atoms with van der Waals surface area (Å²) in [5, 5.41) is 1.28. The van der Waals surface area contributed by atoms with Gasteiger partial charge in [-0.2, -0.15) is 0 Å². The van der Waals surface area contributed by atoms with E-state index in [-0.39, 0.29) is 5.25 Å². The predicted molar refractivity (Wildman–Crippen MR) is 83.6 cm³/mol. The summed E-state index contributed by atoms with van der Waals surface area (Å²) in [6.07, 6.45) is 3.18. The third-order valence-corrected chi connectivity index (χ3v) is 6.72. The van der Waals surface area contributed by atoms with Crippen LogP contribution in [-0.4, -0.2) is 24.8 Å². The largest absolute Gasteiger partial charge is 0.326 e. The lowest BCUT2D eigenvalue weighted by Gasteiger charge is -2.18. The number of para-hydroxylation sites is 1. The van der Waals surface area contributed by atoms with E-state index in [1.165, 1.54) is 6.92 Å². The van der Waals surface area contributed by atoms with Crippen molar-refractivity contribution in [2.24, 2.45) is 5.73 Å². The van der Waals surface area contributed by atoms with Crippen LogP contribution in [0.3, 0.4) is 0 Å². The van der Waals surface area contributed by atoms with Crippen LogP contribution >= 0.6 is 0 Å². The third kappa shape index (κ3) is 3.44. The summed E-state index contributed by atoms with van der Waals surface area (Å²) in [6, 6.07) is 7.15. The molecule has 2 rings (SSSR count). The van der Waals surface area contributed by atoms with Gasteiger partial charge in [0.1, 0.15) is 5.25 Å². The second-order valence-corrected chi connectivity index (χ2v) is 8.04. The lowest BCUT2D eigenvalue weighted by atomic mass is 10.2. The molecule has 0 heterocycles. The number of nitrogens with one attached hydrogen (secondary N) is 1. The van der Waals surface area contributed by atoms with Gasteiger partial charge < -0.3 is 11.1 Å². The number of carbonyl (C=O) groups is 1. The Morgan fingerprint density at radius 3 is 2.57 bits per heavy atom. The van der Waals surface area contributed by atoms with Gasteiger partial charge in [-0.3, -0.25) is 4.79 Å². The molecule has 1 aliphatic rings. The van der Waals surface area contributed by atoms with Crippen molar-refractivity contribution in [1.29, 1.82) is 0 Å². The maximum atomic E-state index is 12.4. The summed E-state index contributed by atoms with van der Waals surface area (Å²) in [7, 11) is -3.42. The molecule has 3 N–H and O–H groups in total. The molecule has 6 heteroatoms. The van der Waals surface area contributed by atoms with Crippen LogP contribution in [-0.2, 0) is 21.2 Å². The van der Waals surface area contributed by atoms with Crippen LogP contribution in [0, 0.1) is 0 Å². The van der Waals surface area contributed by atoms with Gasteiger partial charge >= 0.3 is 0 Å². The fourth-order valence-corrected chi connectivity index (χ4v) is 4.63. The zero-order valence-corrected chi connectivity index (χ0v) is 13.0. The number of anilines is 1. The molecule has 5 nitrogen and oxygen atoms in total. The highest BCUT2D eigenvalue weighted by atomic mass is 32.2. The van der Waals surface area contributed by atoms with Gasteiger partial charge in [0, 0.05) is 12.2 Å². The molecule has 0 radical (unpaired) electrons. The van der Waals surface area contributed by atoms with Gasteiger partial charge in [-0.15, -0.1) is 0 Å². The van der Waals surface area contributed by atoms with E-state index in [0.29, 0.717) is 25.1 Å². The van der Waals surface area contributed by atoms with Gasteiger partial charge in [-0.25, -0.2) is 8.42 Å². The Kier molecular flexibility index (Phi) is 5.00. The minimum Gasteiger partial charge on any atom is -0.326 e. The highest BCUT2D eigenvalue weighted by Gasteiger charge is 2.37. The normalized spacial score (nSPS) is 17.6. The Morgan fingerprint density at radius 1 is 1.33 bits per heavy atom. The fourth-order valence-electron chi connectivity index (χ4n) is 2.71. The van der Waals surface area contributed by atoms with E-state index in [1.54, 1.807) is 12.1 Å². The maximum Gasteiger partial charge on any atom is 0.242 e. The second kappa shape index (κ2) is 6.58. The topological polar surface area (TPSA) is 89.3 Å². The summed E-state index contributed by atoms with van der Waals surface area (Å²) >= 11 is 0. The first-order valence-corrected chi connectivity index (χ1v) is 8.89. The number of amides is 1. The van der Waals surface area contributed by atoms with Crippen LogP contribution in [0.15, 0.2) is 24.3 Å². The van der Waals surface area contributed by atoms with E-state index in [9.17, 15) is 13.2 Å². The van der Waals surface area contributed by atoms with E-state index >= 15 is 0 Å². The van der Waals surface area contributed by atoms with Gasteiger partial charge in [-0.05, 0) is 31.4 Å². The van der Waals surface area contributed by atoms with Crippen LogP contribution in [0.5, 0.6) is 0 Å². The maximum absolute atomic E-state index is 12.4. The number of hydrogen-bond donors (Lipinski definition) is 2. The molecular formula is C15H22N2O3S. The van der Waals surface area contributed by atoms with Gasteiger partial charge in [0.15, 0.2) is 9.84 Å². The standard InChI is InChI=1S/C15H22N2O3S/c1-11(21(19,20)13-7-3-4-8-13)15(18)17-14-9-5-2-6-12(14)10-16/h2,5-6,9,11,13H,3-4,7-8,10,16H2,1H3,(H,17,18). The molecule has 0 spiro atoms. The van der Waals surface area contributed by atoms with E-state index in [2.05, 4.69) is 5.32 Å². The zero-order valence-electron chi connectivity index (χ0n) is 12.2. The van der Waals surface area contributed by atoms with Crippen molar-refractivity contribution in [2.75, 3.05) is 5.32 Å². The molecule has 0 aromatic heterocycles. The average Bonchev–Trinajstić information content (AvgIpc) is 3.02. The summed E-state index contributed by atoms with van der Waals surface area (Å²) in [6.45, 7) is 1.76. The van der Waals surface area contributed by atoms with Gasteiger partial charge in [0.2, 0.25) is 5.91 Å². The monoisotopic (exact) mass is 310 g/mol. The minimum atomic E-state index is -3.42. The van der Waals surface area contributed by atoms with Crippen molar-refractivity contribution >= 4 is 21.4 Å². The van der Waals surface area contributed by atoms with E-state index in [4.69, 9.17) is 5.73 Å². The molecule has 1 saturated carbocycles. The van der Waals surface area contributed by atoms with Crippen LogP contribution in [0.4, 0.5) is 5.69 Å². The Bertz CT molecular complexity index is 607. The molecule has 1 aromatic carbocycles. The molecule has 1 amide bonds. The molecule has 116 valence electrons. The molecule has 1 aliphatic carbocycles. The van der Waals surface area contributed by atoms with Crippen LogP contribution in [0.1, 0.15) is 38.2 Å². The smallest absolute Gasteiger partial charge is 0.242 e. The molecule has 21 heavy (non-hydrogen) atoms. The number of nitrogens with two attached hydrogens (primary N) is 1.